The summed E-state index contributed by atoms with van der Waals surface area (Å²) in [6.45, 7) is 0.820. The molecule has 38 heavy (non-hydrogen) atoms. The van der Waals surface area contributed by atoms with Crippen LogP contribution in [0, 0.1) is 0 Å². The number of nitrogens with zero attached hydrogens (tertiary/aromatic N) is 1. The van der Waals surface area contributed by atoms with E-state index in [0.29, 0.717) is 11.3 Å². The molecule has 0 aromatic heterocycles. The van der Waals surface area contributed by atoms with Crippen molar-refractivity contribution in [3.63, 3.8) is 0 Å². The summed E-state index contributed by atoms with van der Waals surface area (Å²) >= 11 is 0. The third-order valence-corrected chi connectivity index (χ3v) is 8.23. The van der Waals surface area contributed by atoms with Gasteiger partial charge in [0.15, 0.2) is 5.78 Å². The highest BCUT2D eigenvalue weighted by Gasteiger charge is 2.22. The quantitative estimate of drug-likeness (QED) is 0.299. The van der Waals surface area contributed by atoms with Crippen LogP contribution in [0.5, 0.6) is 0 Å². The minimum absolute atomic E-state index is 0.0118. The Balaban J connectivity index is 1.49. The Morgan fingerprint density at radius 2 is 1.47 bits per heavy atom. The van der Waals surface area contributed by atoms with Gasteiger partial charge in [-0.05, 0) is 54.8 Å². The number of hydrogen-bond donors (Lipinski definition) is 2. The van der Waals surface area contributed by atoms with Crippen LogP contribution in [0.25, 0.3) is 10.8 Å². The minimum Gasteiger partial charge on any atom is -0.325 e. The lowest BCUT2D eigenvalue weighted by Gasteiger charge is -2.22. The van der Waals surface area contributed by atoms with Gasteiger partial charge in [0.1, 0.15) is 6.54 Å². The zero-order chi connectivity index (χ0) is 27.5. The number of rotatable bonds is 9. The number of nitrogens with one attached hydrogen (secondary N) is 2. The number of carbonyl (C=O) groups excluding carboxylic acids is 2. The molecule has 0 saturated carbocycles. The van der Waals surface area contributed by atoms with Crippen molar-refractivity contribution in [2.24, 2.45) is 0 Å². The molecule has 4 rings (SSSR count). The molecular weight excluding hydrogens is 526 g/mol. The molecule has 0 spiro atoms. The number of ketones is 1. The summed E-state index contributed by atoms with van der Waals surface area (Å²) in [5.74, 6) is -0.886. The van der Waals surface area contributed by atoms with Gasteiger partial charge >= 0.3 is 0 Å². The fraction of sp³-hybridized carbons (Fsp3) is 0.111. The number of hydrogen-bond acceptors (Lipinski definition) is 6. The summed E-state index contributed by atoms with van der Waals surface area (Å²) in [4.78, 5) is 24.4. The molecule has 196 valence electrons. The second kappa shape index (κ2) is 10.6. The molecule has 0 radical (unpaired) electrons. The van der Waals surface area contributed by atoms with E-state index in [1.807, 2.05) is 30.3 Å². The Morgan fingerprint density at radius 1 is 0.816 bits per heavy atom. The second-order valence-corrected chi connectivity index (χ2v) is 12.2. The number of carbonyl (C=O) groups is 2. The SMILES string of the molecule is CC(=O)c1cccc(N(CC(=O)Nc2ccc(S(=O)(=O)Nc3cccc4ccccc34)cc2)S(C)(=O)=O)c1. The van der Waals surface area contributed by atoms with E-state index < -0.39 is 32.5 Å². The van der Waals surface area contributed by atoms with E-state index in [4.69, 9.17) is 0 Å². The molecule has 0 bridgehead atoms. The summed E-state index contributed by atoms with van der Waals surface area (Å²) in [5, 5.41) is 4.22. The fourth-order valence-electron chi connectivity index (χ4n) is 3.85. The van der Waals surface area contributed by atoms with Gasteiger partial charge in [0.25, 0.3) is 10.0 Å². The predicted octanol–water partition coefficient (Wildman–Crippen LogP) is 4.25. The first-order valence-electron chi connectivity index (χ1n) is 11.4. The molecule has 1 amide bonds. The minimum atomic E-state index is -3.91. The molecule has 2 N–H and O–H groups in total. The lowest BCUT2D eigenvalue weighted by atomic mass is 10.1. The van der Waals surface area contributed by atoms with E-state index in [1.165, 1.54) is 49.4 Å². The number of Topliss-reactive ketones (excluding diaryl/α,β-unsaturated/α-hetero) is 1. The number of fused-ring (bicyclic) bond motifs is 1. The smallest absolute Gasteiger partial charge is 0.261 e. The lowest BCUT2D eigenvalue weighted by molar-refractivity contribution is -0.114. The molecule has 0 saturated heterocycles. The zero-order valence-electron chi connectivity index (χ0n) is 20.6. The number of sulfonamides is 2. The van der Waals surface area contributed by atoms with Crippen LogP contribution in [0.2, 0.25) is 0 Å². The number of benzene rings is 4. The molecule has 0 unspecified atom stereocenters. The van der Waals surface area contributed by atoms with Gasteiger partial charge in [-0.15, -0.1) is 0 Å². The zero-order valence-corrected chi connectivity index (χ0v) is 22.2. The van der Waals surface area contributed by atoms with Gasteiger partial charge in [0.05, 0.1) is 22.5 Å². The maximum atomic E-state index is 13.0. The van der Waals surface area contributed by atoms with Crippen LogP contribution in [0.4, 0.5) is 17.1 Å². The maximum absolute atomic E-state index is 13.0. The van der Waals surface area contributed by atoms with Crippen molar-refractivity contribution in [2.45, 2.75) is 11.8 Å². The van der Waals surface area contributed by atoms with Crippen LogP contribution in [0.3, 0.4) is 0 Å². The van der Waals surface area contributed by atoms with Crippen LogP contribution in [-0.2, 0) is 24.8 Å². The van der Waals surface area contributed by atoms with Crippen molar-refractivity contribution in [3.05, 3.63) is 96.6 Å². The van der Waals surface area contributed by atoms with E-state index in [1.54, 1.807) is 18.2 Å². The van der Waals surface area contributed by atoms with Gasteiger partial charge in [-0.3, -0.25) is 18.6 Å². The maximum Gasteiger partial charge on any atom is 0.261 e. The molecule has 4 aromatic rings. The van der Waals surface area contributed by atoms with E-state index in [2.05, 4.69) is 10.0 Å². The first-order valence-corrected chi connectivity index (χ1v) is 14.8. The Bertz CT molecular complexity index is 1730. The summed E-state index contributed by atoms with van der Waals surface area (Å²) in [6.07, 6.45) is 0.962. The number of amides is 1. The Labute approximate surface area is 221 Å². The van der Waals surface area contributed by atoms with Crippen molar-refractivity contribution in [2.75, 3.05) is 27.1 Å². The standard InChI is InChI=1S/C27H25N3O6S2/c1-19(31)21-9-5-10-23(17-21)30(37(2,33)34)18-27(32)28-22-13-15-24(16-14-22)38(35,36)29-26-12-6-8-20-7-3-4-11-25(20)26/h3-17,29H,18H2,1-2H3,(H,28,32). The average Bonchev–Trinajstić information content (AvgIpc) is 2.87. The lowest BCUT2D eigenvalue weighted by Crippen LogP contribution is -2.37. The Morgan fingerprint density at radius 3 is 2.16 bits per heavy atom. The molecule has 0 aliphatic carbocycles. The summed E-state index contributed by atoms with van der Waals surface area (Å²) in [5.41, 5.74) is 1.21. The molecule has 0 heterocycles. The second-order valence-electron chi connectivity index (χ2n) is 8.58. The normalized spacial score (nSPS) is 11.6. The predicted molar refractivity (Wildman–Crippen MR) is 148 cm³/mol. The summed E-state index contributed by atoms with van der Waals surface area (Å²) in [6, 6.07) is 24.2. The third-order valence-electron chi connectivity index (χ3n) is 5.71. The van der Waals surface area contributed by atoms with Gasteiger partial charge in [0.2, 0.25) is 15.9 Å². The molecule has 0 aliphatic heterocycles. The topological polar surface area (TPSA) is 130 Å². The molecule has 11 heteroatoms. The summed E-state index contributed by atoms with van der Waals surface area (Å²) in [7, 11) is -7.76. The van der Waals surface area contributed by atoms with E-state index >= 15 is 0 Å². The molecule has 0 aliphatic rings. The van der Waals surface area contributed by atoms with Gasteiger partial charge in [-0.2, -0.15) is 0 Å². The van der Waals surface area contributed by atoms with Gasteiger partial charge in [-0.1, -0.05) is 48.5 Å². The van der Waals surface area contributed by atoms with Gasteiger partial charge < -0.3 is 5.32 Å². The third kappa shape index (κ3) is 6.18. The fourth-order valence-corrected chi connectivity index (χ4v) is 5.77. The van der Waals surface area contributed by atoms with Crippen LogP contribution in [0.1, 0.15) is 17.3 Å². The van der Waals surface area contributed by atoms with E-state index in [0.717, 1.165) is 21.3 Å². The van der Waals surface area contributed by atoms with Crippen molar-refractivity contribution in [1.29, 1.82) is 0 Å². The highest BCUT2D eigenvalue weighted by Crippen LogP contribution is 2.26. The molecule has 9 nitrogen and oxygen atoms in total. The first kappa shape index (κ1) is 26.8. The average molecular weight is 552 g/mol. The van der Waals surface area contributed by atoms with Crippen molar-refractivity contribution < 1.29 is 26.4 Å². The van der Waals surface area contributed by atoms with Crippen LogP contribution in [0.15, 0.2) is 95.9 Å². The Hall–Kier alpha value is -4.22. The van der Waals surface area contributed by atoms with Crippen LogP contribution < -0.4 is 14.3 Å². The number of anilines is 3. The van der Waals surface area contributed by atoms with E-state index in [9.17, 15) is 26.4 Å². The molecule has 0 fully saturated rings. The van der Waals surface area contributed by atoms with Crippen molar-refractivity contribution in [3.8, 4) is 0 Å². The first-order chi connectivity index (χ1) is 17.9. The highest BCUT2D eigenvalue weighted by molar-refractivity contribution is 7.92. The largest absolute Gasteiger partial charge is 0.325 e. The monoisotopic (exact) mass is 551 g/mol. The summed E-state index contributed by atoms with van der Waals surface area (Å²) < 4.78 is 54.2. The van der Waals surface area contributed by atoms with Gasteiger partial charge in [0, 0.05) is 16.6 Å². The van der Waals surface area contributed by atoms with Crippen molar-refractivity contribution in [1.82, 2.24) is 0 Å². The van der Waals surface area contributed by atoms with Crippen LogP contribution in [-0.4, -0.2) is 41.3 Å². The Kier molecular flexibility index (Phi) is 7.51. The van der Waals surface area contributed by atoms with Crippen molar-refractivity contribution >= 4 is 59.6 Å². The molecule has 0 atom stereocenters. The van der Waals surface area contributed by atoms with E-state index in [-0.39, 0.29) is 22.1 Å². The van der Waals surface area contributed by atoms with Crippen LogP contribution >= 0.6 is 0 Å². The molecular formula is C27H25N3O6S2. The highest BCUT2D eigenvalue weighted by atomic mass is 32.2. The van der Waals surface area contributed by atoms with Gasteiger partial charge in [-0.25, -0.2) is 16.8 Å². The molecule has 4 aromatic carbocycles.